The normalized spacial score (nSPS) is 14.1. The van der Waals surface area contributed by atoms with E-state index in [9.17, 15) is 0 Å². The molecule has 0 fully saturated rings. The van der Waals surface area contributed by atoms with Crippen LogP contribution in [-0.4, -0.2) is 16.0 Å². The molecule has 114 valence electrons. The summed E-state index contributed by atoms with van der Waals surface area (Å²) < 4.78 is 5.55. The summed E-state index contributed by atoms with van der Waals surface area (Å²) in [6.07, 6.45) is 2.53. The summed E-state index contributed by atoms with van der Waals surface area (Å²) in [5.41, 5.74) is 0.792. The van der Waals surface area contributed by atoms with Crippen LogP contribution >= 0.6 is 11.8 Å². The summed E-state index contributed by atoms with van der Waals surface area (Å²) >= 11 is 1.79. The molecule has 2 aromatic rings. The van der Waals surface area contributed by atoms with Crippen molar-refractivity contribution < 1.29 is 4.42 Å². The first-order chi connectivity index (χ1) is 10.1. The number of hydrogen-bond acceptors (Lipinski definition) is 4. The van der Waals surface area contributed by atoms with Crippen LogP contribution in [0.25, 0.3) is 11.5 Å². The van der Waals surface area contributed by atoms with Crippen molar-refractivity contribution >= 4 is 11.8 Å². The molecule has 0 amide bonds. The minimum Gasteiger partial charge on any atom is -0.460 e. The first-order valence-electron chi connectivity index (χ1n) is 7.61. The van der Waals surface area contributed by atoms with Crippen molar-refractivity contribution in [3.8, 4) is 11.5 Å². The predicted octanol–water partition coefficient (Wildman–Crippen LogP) is 5.21. The van der Waals surface area contributed by atoms with Gasteiger partial charge in [0.05, 0.1) is 0 Å². The molecule has 0 bridgehead atoms. The lowest BCUT2D eigenvalue weighted by molar-refractivity contribution is 0.433. The highest BCUT2D eigenvalue weighted by atomic mass is 32.2. The first kappa shape index (κ1) is 16.1. The van der Waals surface area contributed by atoms with E-state index in [4.69, 9.17) is 4.42 Å². The molecule has 2 atom stereocenters. The van der Waals surface area contributed by atoms with E-state index in [1.54, 1.807) is 11.8 Å². The van der Waals surface area contributed by atoms with Gasteiger partial charge < -0.3 is 4.42 Å². The Kier molecular flexibility index (Phi) is 5.85. The first-order valence-corrected chi connectivity index (χ1v) is 8.60. The molecule has 0 saturated carbocycles. The van der Waals surface area contributed by atoms with Crippen molar-refractivity contribution in [3.63, 3.8) is 0 Å². The molecule has 0 aliphatic heterocycles. The third-order valence-electron chi connectivity index (χ3n) is 3.65. The summed E-state index contributed by atoms with van der Waals surface area (Å²) in [4.78, 5) is 0. The number of nitrogens with zero attached hydrogens (tertiary/aromatic N) is 2. The van der Waals surface area contributed by atoms with Gasteiger partial charge in [-0.3, -0.25) is 0 Å². The van der Waals surface area contributed by atoms with E-state index in [1.165, 1.54) is 12.8 Å². The zero-order valence-corrected chi connectivity index (χ0v) is 14.1. The van der Waals surface area contributed by atoms with Crippen LogP contribution in [0.2, 0.25) is 0 Å². The van der Waals surface area contributed by atoms with Crippen LogP contribution in [0.15, 0.2) is 33.7 Å². The SMILES string of the molecule is CCC(C)CC(C)CSc1ccc(-c2ccc(C)o2)nn1. The minimum absolute atomic E-state index is 0.708. The van der Waals surface area contributed by atoms with E-state index in [2.05, 4.69) is 31.0 Å². The zero-order chi connectivity index (χ0) is 15.2. The zero-order valence-electron chi connectivity index (χ0n) is 13.3. The average molecular weight is 304 g/mol. The van der Waals surface area contributed by atoms with Gasteiger partial charge >= 0.3 is 0 Å². The fourth-order valence-corrected chi connectivity index (χ4v) is 3.10. The Bertz CT molecular complexity index is 550. The second-order valence-corrected chi connectivity index (χ2v) is 6.87. The highest BCUT2D eigenvalue weighted by Crippen LogP contribution is 2.25. The maximum Gasteiger partial charge on any atom is 0.154 e. The fraction of sp³-hybridized carbons (Fsp3) is 0.529. The summed E-state index contributed by atoms with van der Waals surface area (Å²) in [6.45, 7) is 8.82. The largest absolute Gasteiger partial charge is 0.460 e. The van der Waals surface area contributed by atoms with Crippen LogP contribution in [-0.2, 0) is 0 Å². The Hall–Kier alpha value is -1.29. The number of aryl methyl sites for hydroxylation is 1. The van der Waals surface area contributed by atoms with Gasteiger partial charge in [0.15, 0.2) is 5.76 Å². The van der Waals surface area contributed by atoms with Crippen molar-refractivity contribution in [2.45, 2.75) is 45.6 Å². The lowest BCUT2D eigenvalue weighted by Gasteiger charge is -2.14. The van der Waals surface area contributed by atoms with Gasteiger partial charge in [0.2, 0.25) is 0 Å². The average Bonchev–Trinajstić information content (AvgIpc) is 2.92. The van der Waals surface area contributed by atoms with Gasteiger partial charge in [0.25, 0.3) is 0 Å². The second kappa shape index (κ2) is 7.64. The fourth-order valence-electron chi connectivity index (χ4n) is 2.25. The van der Waals surface area contributed by atoms with E-state index in [0.717, 1.165) is 33.9 Å². The molecule has 0 aromatic carbocycles. The molecule has 2 unspecified atom stereocenters. The Morgan fingerprint density at radius 2 is 1.90 bits per heavy atom. The molecule has 0 spiro atoms. The molecule has 2 aromatic heterocycles. The van der Waals surface area contributed by atoms with Crippen molar-refractivity contribution in [1.29, 1.82) is 0 Å². The topological polar surface area (TPSA) is 38.9 Å². The summed E-state index contributed by atoms with van der Waals surface area (Å²) in [7, 11) is 0. The van der Waals surface area contributed by atoms with Crippen LogP contribution in [0.1, 0.15) is 39.4 Å². The monoisotopic (exact) mass is 304 g/mol. The lowest BCUT2D eigenvalue weighted by atomic mass is 9.97. The van der Waals surface area contributed by atoms with Crippen LogP contribution in [0.5, 0.6) is 0 Å². The van der Waals surface area contributed by atoms with Gasteiger partial charge in [-0.15, -0.1) is 22.0 Å². The molecule has 21 heavy (non-hydrogen) atoms. The van der Waals surface area contributed by atoms with Gasteiger partial charge in [-0.2, -0.15) is 0 Å². The minimum atomic E-state index is 0.708. The van der Waals surface area contributed by atoms with Gasteiger partial charge in [0, 0.05) is 5.75 Å². The number of hydrogen-bond donors (Lipinski definition) is 0. The second-order valence-electron chi connectivity index (χ2n) is 5.83. The molecule has 0 aliphatic carbocycles. The van der Waals surface area contributed by atoms with E-state index in [1.807, 2.05) is 31.2 Å². The number of furan rings is 1. The van der Waals surface area contributed by atoms with Gasteiger partial charge in [-0.25, -0.2) is 0 Å². The molecular formula is C17H24N2OS. The highest BCUT2D eigenvalue weighted by Gasteiger charge is 2.09. The Balaban J connectivity index is 1.88. The Morgan fingerprint density at radius 1 is 1.10 bits per heavy atom. The van der Waals surface area contributed by atoms with Crippen molar-refractivity contribution in [3.05, 3.63) is 30.0 Å². The molecule has 0 radical (unpaired) electrons. The quantitative estimate of drug-likeness (QED) is 0.658. The molecular weight excluding hydrogens is 280 g/mol. The molecule has 4 heteroatoms. The van der Waals surface area contributed by atoms with Gasteiger partial charge in [0.1, 0.15) is 16.5 Å². The molecule has 0 aliphatic rings. The molecule has 0 saturated heterocycles. The van der Waals surface area contributed by atoms with Gasteiger partial charge in [-0.05, 0) is 49.4 Å². The van der Waals surface area contributed by atoms with E-state index < -0.39 is 0 Å². The van der Waals surface area contributed by atoms with E-state index >= 15 is 0 Å². The highest BCUT2D eigenvalue weighted by molar-refractivity contribution is 7.99. The maximum absolute atomic E-state index is 5.55. The van der Waals surface area contributed by atoms with Crippen molar-refractivity contribution in [1.82, 2.24) is 10.2 Å². The van der Waals surface area contributed by atoms with Crippen molar-refractivity contribution in [2.24, 2.45) is 11.8 Å². The van der Waals surface area contributed by atoms with Gasteiger partial charge in [-0.1, -0.05) is 27.2 Å². The smallest absolute Gasteiger partial charge is 0.154 e. The number of rotatable bonds is 7. The van der Waals surface area contributed by atoms with Crippen LogP contribution < -0.4 is 0 Å². The molecule has 2 rings (SSSR count). The third-order valence-corrected chi connectivity index (χ3v) is 4.90. The Morgan fingerprint density at radius 3 is 2.48 bits per heavy atom. The summed E-state index contributed by atoms with van der Waals surface area (Å²) in [6, 6.07) is 7.88. The molecule has 2 heterocycles. The van der Waals surface area contributed by atoms with E-state index in [-0.39, 0.29) is 0 Å². The molecule has 0 N–H and O–H groups in total. The van der Waals surface area contributed by atoms with E-state index in [0.29, 0.717) is 5.92 Å². The third kappa shape index (κ3) is 4.88. The summed E-state index contributed by atoms with van der Waals surface area (Å²) in [5.74, 6) is 4.28. The maximum atomic E-state index is 5.55. The molecule has 3 nitrogen and oxygen atoms in total. The number of thioether (sulfide) groups is 1. The van der Waals surface area contributed by atoms with Crippen LogP contribution in [0, 0.1) is 18.8 Å². The predicted molar refractivity (Wildman–Crippen MR) is 88.4 cm³/mol. The number of aromatic nitrogens is 2. The van der Waals surface area contributed by atoms with Crippen molar-refractivity contribution in [2.75, 3.05) is 5.75 Å². The van der Waals surface area contributed by atoms with Crippen LogP contribution in [0.3, 0.4) is 0 Å². The standard InChI is InChI=1S/C17H24N2OS/c1-5-12(2)10-13(3)11-21-17-9-7-15(18-19-17)16-8-6-14(4)20-16/h6-9,12-13H,5,10-11H2,1-4H3. The summed E-state index contributed by atoms with van der Waals surface area (Å²) in [5, 5.41) is 9.53. The Labute approximate surface area is 131 Å². The van der Waals surface area contributed by atoms with Crippen LogP contribution in [0.4, 0.5) is 0 Å². The lowest BCUT2D eigenvalue weighted by Crippen LogP contribution is -2.05.